The molecule has 108 valence electrons. The van der Waals surface area contributed by atoms with E-state index in [0.29, 0.717) is 6.54 Å². The second kappa shape index (κ2) is 7.39. The average Bonchev–Trinajstić information content (AvgIpc) is 2.52. The zero-order chi connectivity index (χ0) is 15.1. The van der Waals surface area contributed by atoms with Crippen LogP contribution in [0.2, 0.25) is 0 Å². The molecule has 2 aromatic rings. The molecule has 0 atom stereocenters. The topological polar surface area (TPSA) is 41.2 Å². The first-order chi connectivity index (χ1) is 10.2. The Bertz CT molecular complexity index is 613. The van der Waals surface area contributed by atoms with Crippen molar-refractivity contribution in [2.75, 3.05) is 0 Å². The molecule has 0 unspecified atom stereocenters. The van der Waals surface area contributed by atoms with Gasteiger partial charge in [0.2, 0.25) is 0 Å². The van der Waals surface area contributed by atoms with Crippen molar-refractivity contribution in [3.63, 3.8) is 0 Å². The predicted molar refractivity (Wildman–Crippen MR) is 83.6 cm³/mol. The molecular weight excluding hydrogens is 262 g/mol. The Morgan fingerprint density at radius 1 is 1.05 bits per heavy atom. The molecule has 1 aromatic heterocycles. The molecule has 0 spiro atoms. The van der Waals surface area contributed by atoms with Crippen molar-refractivity contribution >= 4 is 18.1 Å². The van der Waals surface area contributed by atoms with Gasteiger partial charge in [-0.1, -0.05) is 43.3 Å². The molecule has 2 rings (SSSR count). The van der Waals surface area contributed by atoms with Crippen molar-refractivity contribution in [3.05, 3.63) is 65.5 Å². The third-order valence-electron chi connectivity index (χ3n) is 3.36. The Balaban J connectivity index is 1.98. The van der Waals surface area contributed by atoms with Crippen LogP contribution in [0, 0.1) is 0 Å². The summed E-state index contributed by atoms with van der Waals surface area (Å²) in [5.41, 5.74) is 3.61. The van der Waals surface area contributed by atoms with Crippen LogP contribution in [0.25, 0.3) is 12.2 Å². The van der Waals surface area contributed by atoms with Gasteiger partial charge in [0.25, 0.3) is 0 Å². The molecule has 0 aliphatic heterocycles. The molecule has 0 aliphatic rings. The van der Waals surface area contributed by atoms with Crippen molar-refractivity contribution in [1.29, 1.82) is 0 Å². The number of rotatable bonds is 6. The van der Waals surface area contributed by atoms with E-state index in [4.69, 9.17) is 5.11 Å². The average molecular weight is 282 g/mol. The van der Waals surface area contributed by atoms with Gasteiger partial charge in [0.05, 0.1) is 0 Å². The van der Waals surface area contributed by atoms with Crippen LogP contribution in [0.5, 0.6) is 0 Å². The van der Waals surface area contributed by atoms with Gasteiger partial charge in [-0.15, -0.1) is 0 Å². The van der Waals surface area contributed by atoms with Crippen LogP contribution in [-0.2, 0) is 17.8 Å². The monoisotopic (exact) mass is 282 g/mol. The number of hydrogen-bond donors (Lipinski definition) is 1. The fraction of sp³-hybridized carbons (Fsp3) is 0.222. The van der Waals surface area contributed by atoms with E-state index in [1.165, 1.54) is 11.1 Å². The number of benzene rings is 1. The molecule has 3 nitrogen and oxygen atoms in total. The summed E-state index contributed by atoms with van der Waals surface area (Å²) in [6.07, 6.45) is 9.15. The van der Waals surface area contributed by atoms with E-state index in [1.807, 2.05) is 29.1 Å². The van der Waals surface area contributed by atoms with Crippen LogP contribution < -0.4 is 4.57 Å². The minimum Gasteiger partial charge on any atom is -0.481 e. The van der Waals surface area contributed by atoms with Gasteiger partial charge in [-0.05, 0) is 23.1 Å². The first-order valence-electron chi connectivity index (χ1n) is 7.15. The Labute approximate surface area is 125 Å². The van der Waals surface area contributed by atoms with Crippen LogP contribution in [-0.4, -0.2) is 11.1 Å². The van der Waals surface area contributed by atoms with Gasteiger partial charge in [0.15, 0.2) is 18.9 Å². The maximum Gasteiger partial charge on any atom is 0.309 e. The summed E-state index contributed by atoms with van der Waals surface area (Å²) in [5, 5.41) is 8.65. The summed E-state index contributed by atoms with van der Waals surface area (Å²) in [5.74, 6) is -0.776. The van der Waals surface area contributed by atoms with Gasteiger partial charge >= 0.3 is 5.97 Å². The standard InChI is InChI=1S/C18H19NO2/c1-2-15-3-5-16(6-4-15)7-8-17-9-12-19(13-10-17)14-11-18(20)21/h3-10,12-13H,2,11,14H2,1H3/p+1/b8-7-. The van der Waals surface area contributed by atoms with Gasteiger partial charge in [0, 0.05) is 12.1 Å². The van der Waals surface area contributed by atoms with Crippen molar-refractivity contribution in [3.8, 4) is 0 Å². The molecule has 0 radical (unpaired) electrons. The molecule has 0 saturated heterocycles. The number of aromatic nitrogens is 1. The highest BCUT2D eigenvalue weighted by atomic mass is 16.4. The highest BCUT2D eigenvalue weighted by Crippen LogP contribution is 2.09. The summed E-state index contributed by atoms with van der Waals surface area (Å²) < 4.78 is 1.88. The zero-order valence-corrected chi connectivity index (χ0v) is 12.2. The maximum atomic E-state index is 10.5. The van der Waals surface area contributed by atoms with E-state index in [-0.39, 0.29) is 6.42 Å². The van der Waals surface area contributed by atoms with Gasteiger partial charge in [-0.3, -0.25) is 4.79 Å². The second-order valence-corrected chi connectivity index (χ2v) is 4.94. The number of carboxylic acid groups (broad SMARTS) is 1. The smallest absolute Gasteiger partial charge is 0.309 e. The van der Waals surface area contributed by atoms with Crippen molar-refractivity contribution in [1.82, 2.24) is 0 Å². The number of carbonyl (C=O) groups is 1. The van der Waals surface area contributed by atoms with Gasteiger partial charge in [-0.2, -0.15) is 0 Å². The molecule has 1 aromatic carbocycles. The number of carboxylic acids is 1. The number of pyridine rings is 1. The van der Waals surface area contributed by atoms with Gasteiger partial charge in [-0.25, -0.2) is 4.57 Å². The Kier molecular flexibility index (Phi) is 5.27. The van der Waals surface area contributed by atoms with E-state index >= 15 is 0 Å². The van der Waals surface area contributed by atoms with Crippen LogP contribution in [0.3, 0.4) is 0 Å². The lowest BCUT2D eigenvalue weighted by atomic mass is 10.1. The molecule has 0 fully saturated rings. The fourth-order valence-electron chi connectivity index (χ4n) is 2.01. The molecule has 0 aliphatic carbocycles. The van der Waals surface area contributed by atoms with E-state index in [9.17, 15) is 4.79 Å². The Morgan fingerprint density at radius 2 is 1.62 bits per heavy atom. The second-order valence-electron chi connectivity index (χ2n) is 4.94. The predicted octanol–water partition coefficient (Wildman–Crippen LogP) is 3.18. The quantitative estimate of drug-likeness (QED) is 0.827. The Hall–Kier alpha value is -2.42. The molecule has 3 heteroatoms. The highest BCUT2D eigenvalue weighted by molar-refractivity contribution is 5.69. The van der Waals surface area contributed by atoms with Crippen LogP contribution in [0.15, 0.2) is 48.8 Å². The minimum atomic E-state index is -0.776. The number of nitrogens with zero attached hydrogens (tertiary/aromatic N) is 1. The van der Waals surface area contributed by atoms with E-state index in [2.05, 4.69) is 43.3 Å². The van der Waals surface area contributed by atoms with E-state index < -0.39 is 5.97 Å². The summed E-state index contributed by atoms with van der Waals surface area (Å²) in [7, 11) is 0. The molecule has 0 bridgehead atoms. The first kappa shape index (κ1) is 15.0. The minimum absolute atomic E-state index is 0.142. The fourth-order valence-corrected chi connectivity index (χ4v) is 2.01. The summed E-state index contributed by atoms with van der Waals surface area (Å²) in [4.78, 5) is 10.5. The van der Waals surface area contributed by atoms with Crippen LogP contribution >= 0.6 is 0 Å². The van der Waals surface area contributed by atoms with E-state index in [0.717, 1.165) is 12.0 Å². The zero-order valence-electron chi connectivity index (χ0n) is 12.2. The van der Waals surface area contributed by atoms with Crippen LogP contribution in [0.4, 0.5) is 0 Å². The summed E-state index contributed by atoms with van der Waals surface area (Å²) in [6, 6.07) is 12.5. The number of hydrogen-bond acceptors (Lipinski definition) is 1. The molecular formula is C18H20NO2+. The highest BCUT2D eigenvalue weighted by Gasteiger charge is 2.03. The molecule has 0 amide bonds. The SMILES string of the molecule is CCc1ccc(/C=C\c2cc[n+](CCC(=O)O)cc2)cc1. The lowest BCUT2D eigenvalue weighted by molar-refractivity contribution is -0.696. The molecule has 1 heterocycles. The molecule has 1 N–H and O–H groups in total. The van der Waals surface area contributed by atoms with Gasteiger partial charge < -0.3 is 5.11 Å². The van der Waals surface area contributed by atoms with E-state index in [1.54, 1.807) is 0 Å². The Morgan fingerprint density at radius 3 is 2.14 bits per heavy atom. The normalized spacial score (nSPS) is 10.9. The molecule has 21 heavy (non-hydrogen) atoms. The number of aryl methyl sites for hydroxylation is 2. The third-order valence-corrected chi connectivity index (χ3v) is 3.36. The van der Waals surface area contributed by atoms with Gasteiger partial charge in [0.1, 0.15) is 6.42 Å². The summed E-state index contributed by atoms with van der Waals surface area (Å²) in [6.45, 7) is 2.65. The third kappa shape index (κ3) is 4.88. The van der Waals surface area contributed by atoms with Crippen molar-refractivity contribution in [2.24, 2.45) is 0 Å². The molecule has 0 saturated carbocycles. The van der Waals surface area contributed by atoms with Crippen molar-refractivity contribution < 1.29 is 14.5 Å². The maximum absolute atomic E-state index is 10.5. The first-order valence-corrected chi connectivity index (χ1v) is 7.15. The summed E-state index contributed by atoms with van der Waals surface area (Å²) >= 11 is 0. The lowest BCUT2D eigenvalue weighted by Gasteiger charge is -1.98. The van der Waals surface area contributed by atoms with Crippen LogP contribution in [0.1, 0.15) is 30.0 Å². The largest absolute Gasteiger partial charge is 0.481 e. The number of aliphatic carboxylic acids is 1. The van der Waals surface area contributed by atoms with Crippen molar-refractivity contribution in [2.45, 2.75) is 26.3 Å². The lowest BCUT2D eigenvalue weighted by Crippen LogP contribution is -2.33.